The fourth-order valence-electron chi connectivity index (χ4n) is 0.778. The van der Waals surface area contributed by atoms with E-state index in [1.165, 1.54) is 0 Å². The van der Waals surface area contributed by atoms with Crippen molar-refractivity contribution in [2.45, 2.75) is 31.6 Å². The quantitative estimate of drug-likeness (QED) is 0.628. The van der Waals surface area contributed by atoms with Crippen molar-refractivity contribution in [3.63, 3.8) is 0 Å². The van der Waals surface area contributed by atoms with Crippen LogP contribution in [-0.2, 0) is 4.79 Å². The van der Waals surface area contributed by atoms with Crippen molar-refractivity contribution in [2.24, 2.45) is 5.73 Å². The Bertz CT molecular complexity index is 185. The summed E-state index contributed by atoms with van der Waals surface area (Å²) >= 11 is 1.60. The Morgan fingerprint density at radius 1 is 1.71 bits per heavy atom. The summed E-state index contributed by atoms with van der Waals surface area (Å²) in [5.74, 6) is 0.886. The molecule has 0 saturated heterocycles. The Labute approximate surface area is 90.5 Å². The molecule has 3 N–H and O–H groups in total. The number of hydrogen-bond acceptors (Lipinski definition) is 3. The molecule has 0 spiro atoms. The molecule has 14 heavy (non-hydrogen) atoms. The van der Waals surface area contributed by atoms with E-state index in [1.807, 2.05) is 13.8 Å². The van der Waals surface area contributed by atoms with Crippen molar-refractivity contribution in [2.75, 3.05) is 12.3 Å². The molecule has 2 atom stereocenters. The zero-order valence-corrected chi connectivity index (χ0v) is 9.77. The molecule has 0 rings (SSSR count). The van der Waals surface area contributed by atoms with Crippen LogP contribution < -0.4 is 11.1 Å². The number of amides is 1. The molecule has 82 valence electrons. The third-order valence-electron chi connectivity index (χ3n) is 1.87. The molecule has 0 aliphatic carbocycles. The molecule has 4 heteroatoms. The first-order valence-corrected chi connectivity index (χ1v) is 5.92. The minimum Gasteiger partial charge on any atom is -0.352 e. The number of rotatable bonds is 7. The molecule has 0 saturated carbocycles. The second-order valence-corrected chi connectivity index (χ2v) is 4.55. The van der Waals surface area contributed by atoms with Crippen LogP contribution in [0, 0.1) is 0 Å². The van der Waals surface area contributed by atoms with E-state index in [1.54, 1.807) is 17.8 Å². The lowest BCUT2D eigenvalue weighted by Crippen LogP contribution is -2.32. The van der Waals surface area contributed by atoms with Gasteiger partial charge in [0.15, 0.2) is 0 Å². The van der Waals surface area contributed by atoms with Crippen molar-refractivity contribution in [3.8, 4) is 0 Å². The van der Waals surface area contributed by atoms with Crippen molar-refractivity contribution in [1.29, 1.82) is 0 Å². The summed E-state index contributed by atoms with van der Waals surface area (Å²) in [7, 11) is 0. The van der Waals surface area contributed by atoms with Gasteiger partial charge >= 0.3 is 0 Å². The van der Waals surface area contributed by atoms with Gasteiger partial charge in [0.1, 0.15) is 0 Å². The third-order valence-corrected chi connectivity index (χ3v) is 3.21. The maximum Gasteiger partial charge on any atom is 0.233 e. The van der Waals surface area contributed by atoms with Crippen LogP contribution in [0.3, 0.4) is 0 Å². The predicted molar refractivity (Wildman–Crippen MR) is 63.4 cm³/mol. The fraction of sp³-hybridized carbons (Fsp3) is 0.700. The van der Waals surface area contributed by atoms with Crippen LogP contribution in [0.4, 0.5) is 0 Å². The SMILES string of the molecule is C=CCNC(=O)C(C)SCC(N)CC. The first-order chi connectivity index (χ1) is 6.61. The van der Waals surface area contributed by atoms with Gasteiger partial charge < -0.3 is 11.1 Å². The van der Waals surface area contributed by atoms with E-state index in [4.69, 9.17) is 5.73 Å². The molecule has 0 aliphatic rings. The number of thioether (sulfide) groups is 1. The molecule has 0 heterocycles. The van der Waals surface area contributed by atoms with Gasteiger partial charge in [0.05, 0.1) is 5.25 Å². The van der Waals surface area contributed by atoms with Gasteiger partial charge in [0, 0.05) is 18.3 Å². The van der Waals surface area contributed by atoms with Gasteiger partial charge in [-0.25, -0.2) is 0 Å². The Morgan fingerprint density at radius 3 is 2.86 bits per heavy atom. The predicted octanol–water partition coefficient (Wildman–Crippen LogP) is 1.15. The van der Waals surface area contributed by atoms with E-state index in [0.717, 1.165) is 12.2 Å². The zero-order valence-electron chi connectivity index (χ0n) is 8.95. The number of carbonyl (C=O) groups is 1. The van der Waals surface area contributed by atoms with Crippen molar-refractivity contribution >= 4 is 17.7 Å². The van der Waals surface area contributed by atoms with Gasteiger partial charge in [0.2, 0.25) is 5.91 Å². The van der Waals surface area contributed by atoms with Crippen LogP contribution in [-0.4, -0.2) is 29.5 Å². The maximum atomic E-state index is 11.4. The average molecular weight is 216 g/mol. The van der Waals surface area contributed by atoms with Crippen LogP contribution in [0.2, 0.25) is 0 Å². The molecule has 2 unspecified atom stereocenters. The summed E-state index contributed by atoms with van der Waals surface area (Å²) in [4.78, 5) is 11.4. The smallest absolute Gasteiger partial charge is 0.233 e. The van der Waals surface area contributed by atoms with Crippen LogP contribution in [0.5, 0.6) is 0 Å². The Balaban J connectivity index is 3.66. The maximum absolute atomic E-state index is 11.4. The zero-order chi connectivity index (χ0) is 11.0. The first kappa shape index (κ1) is 13.5. The van der Waals surface area contributed by atoms with Gasteiger partial charge in [-0.3, -0.25) is 4.79 Å². The van der Waals surface area contributed by atoms with Crippen molar-refractivity contribution in [3.05, 3.63) is 12.7 Å². The van der Waals surface area contributed by atoms with Crippen LogP contribution in [0.25, 0.3) is 0 Å². The molecular weight excluding hydrogens is 196 g/mol. The van der Waals surface area contributed by atoms with E-state index in [-0.39, 0.29) is 17.2 Å². The molecule has 0 radical (unpaired) electrons. The molecule has 0 aliphatic heterocycles. The Morgan fingerprint density at radius 2 is 2.36 bits per heavy atom. The van der Waals surface area contributed by atoms with E-state index >= 15 is 0 Å². The van der Waals surface area contributed by atoms with Crippen molar-refractivity contribution in [1.82, 2.24) is 5.32 Å². The fourth-order valence-corrected chi connectivity index (χ4v) is 1.78. The summed E-state index contributed by atoms with van der Waals surface area (Å²) in [6.45, 7) is 8.01. The van der Waals surface area contributed by atoms with Gasteiger partial charge in [-0.1, -0.05) is 13.0 Å². The monoisotopic (exact) mass is 216 g/mol. The van der Waals surface area contributed by atoms with E-state index in [2.05, 4.69) is 11.9 Å². The molecule has 1 amide bonds. The highest BCUT2D eigenvalue weighted by Crippen LogP contribution is 2.12. The summed E-state index contributed by atoms with van der Waals surface area (Å²) in [5.41, 5.74) is 5.75. The lowest BCUT2D eigenvalue weighted by molar-refractivity contribution is -0.120. The van der Waals surface area contributed by atoms with E-state index in [9.17, 15) is 4.79 Å². The number of hydrogen-bond donors (Lipinski definition) is 2. The standard InChI is InChI=1S/C10H20N2OS/c1-4-6-12-10(13)8(3)14-7-9(11)5-2/h4,8-9H,1,5-7,11H2,2-3H3,(H,12,13). The number of nitrogens with two attached hydrogens (primary N) is 1. The topological polar surface area (TPSA) is 55.1 Å². The molecular formula is C10H20N2OS. The normalized spacial score (nSPS) is 14.5. The second kappa shape index (κ2) is 7.88. The molecule has 0 aromatic rings. The number of nitrogens with one attached hydrogen (secondary N) is 1. The molecule has 3 nitrogen and oxygen atoms in total. The minimum absolute atomic E-state index is 0.0347. The average Bonchev–Trinajstić information content (AvgIpc) is 2.21. The van der Waals surface area contributed by atoms with E-state index in [0.29, 0.717) is 6.54 Å². The lowest BCUT2D eigenvalue weighted by atomic mass is 10.3. The summed E-state index contributed by atoms with van der Waals surface area (Å²) in [6.07, 6.45) is 2.63. The first-order valence-electron chi connectivity index (χ1n) is 4.87. The summed E-state index contributed by atoms with van der Waals surface area (Å²) in [5, 5.41) is 2.72. The molecule has 0 aromatic carbocycles. The van der Waals surface area contributed by atoms with Crippen LogP contribution in [0.15, 0.2) is 12.7 Å². The highest BCUT2D eigenvalue weighted by atomic mass is 32.2. The van der Waals surface area contributed by atoms with Gasteiger partial charge in [-0.15, -0.1) is 18.3 Å². The molecule has 0 fully saturated rings. The number of carbonyl (C=O) groups excluding carboxylic acids is 1. The largest absolute Gasteiger partial charge is 0.352 e. The Kier molecular flexibility index (Phi) is 7.61. The van der Waals surface area contributed by atoms with Crippen LogP contribution in [0.1, 0.15) is 20.3 Å². The third kappa shape index (κ3) is 6.05. The van der Waals surface area contributed by atoms with Crippen molar-refractivity contribution < 1.29 is 4.79 Å². The van der Waals surface area contributed by atoms with E-state index < -0.39 is 0 Å². The lowest BCUT2D eigenvalue weighted by Gasteiger charge is -2.13. The van der Waals surface area contributed by atoms with Gasteiger partial charge in [-0.2, -0.15) is 0 Å². The second-order valence-electron chi connectivity index (χ2n) is 3.18. The van der Waals surface area contributed by atoms with Gasteiger partial charge in [-0.05, 0) is 13.3 Å². The molecule has 0 aromatic heterocycles. The minimum atomic E-state index is -0.0347. The summed E-state index contributed by atoms with van der Waals surface area (Å²) in [6, 6.07) is 0.189. The molecule has 0 bridgehead atoms. The van der Waals surface area contributed by atoms with Gasteiger partial charge in [0.25, 0.3) is 0 Å². The summed E-state index contributed by atoms with van der Waals surface area (Å²) < 4.78 is 0. The Hall–Kier alpha value is -0.480. The highest BCUT2D eigenvalue weighted by molar-refractivity contribution is 8.00. The highest BCUT2D eigenvalue weighted by Gasteiger charge is 2.13. The van der Waals surface area contributed by atoms with Crippen LogP contribution >= 0.6 is 11.8 Å².